The Labute approximate surface area is 204 Å². The van der Waals surface area contributed by atoms with E-state index in [2.05, 4.69) is 25.2 Å². The number of alkyl halides is 3. The highest BCUT2D eigenvalue weighted by Gasteiger charge is 2.33. The molecule has 0 saturated carbocycles. The van der Waals surface area contributed by atoms with Gasteiger partial charge >= 0.3 is 12.2 Å². The predicted molar refractivity (Wildman–Crippen MR) is 126 cm³/mol. The van der Waals surface area contributed by atoms with Crippen LogP contribution in [0.2, 0.25) is 0 Å². The van der Waals surface area contributed by atoms with E-state index in [4.69, 9.17) is 9.47 Å². The van der Waals surface area contributed by atoms with E-state index < -0.39 is 28.4 Å². The largest absolute Gasteiger partial charge is 0.461 e. The third kappa shape index (κ3) is 5.73. The summed E-state index contributed by atoms with van der Waals surface area (Å²) >= 11 is 0. The van der Waals surface area contributed by atoms with E-state index in [0.717, 1.165) is 43.9 Å². The Hall–Kier alpha value is -3.74. The number of non-ortho nitro benzene ring substituents is 1. The van der Waals surface area contributed by atoms with Crippen molar-refractivity contribution in [2.45, 2.75) is 32.0 Å². The van der Waals surface area contributed by atoms with Gasteiger partial charge in [0.25, 0.3) is 5.69 Å². The van der Waals surface area contributed by atoms with Crippen LogP contribution in [-0.2, 0) is 10.9 Å². The summed E-state index contributed by atoms with van der Waals surface area (Å²) < 4.78 is 50.8. The molecule has 1 aromatic carbocycles. The van der Waals surface area contributed by atoms with Crippen molar-refractivity contribution in [3.8, 4) is 6.01 Å². The Kier molecular flexibility index (Phi) is 7.38. The number of methoxy groups -OCH3 is 1. The van der Waals surface area contributed by atoms with Crippen LogP contribution in [0.25, 0.3) is 10.9 Å². The summed E-state index contributed by atoms with van der Waals surface area (Å²) in [5.74, 6) is 1.05. The summed E-state index contributed by atoms with van der Waals surface area (Å²) in [4.78, 5) is 25.9. The SMILES string of the molecule is COCCOc1nc(N[C@H](C)c2cc([N+](=O)[O-])cc(C(F)(F)F)c2)c2cc(N3CCCC3)ncc2n1. The highest BCUT2D eigenvalue weighted by atomic mass is 19.4. The van der Waals surface area contributed by atoms with Crippen LogP contribution in [0.3, 0.4) is 0 Å². The number of halogens is 3. The first-order valence-corrected chi connectivity index (χ1v) is 11.3. The Morgan fingerprint density at radius 3 is 2.58 bits per heavy atom. The van der Waals surface area contributed by atoms with Gasteiger partial charge in [0.2, 0.25) is 0 Å². The molecule has 10 nitrogen and oxygen atoms in total. The molecule has 0 unspecified atom stereocenters. The van der Waals surface area contributed by atoms with Crippen LogP contribution in [0.1, 0.15) is 36.9 Å². The Morgan fingerprint density at radius 2 is 1.92 bits per heavy atom. The fraction of sp³-hybridized carbons (Fsp3) is 0.435. The van der Waals surface area contributed by atoms with Crippen molar-refractivity contribution in [1.29, 1.82) is 0 Å². The molecule has 0 radical (unpaired) electrons. The van der Waals surface area contributed by atoms with Crippen molar-refractivity contribution in [2.75, 3.05) is 43.6 Å². The number of aromatic nitrogens is 3. The van der Waals surface area contributed by atoms with Crippen molar-refractivity contribution in [3.63, 3.8) is 0 Å². The second-order valence-corrected chi connectivity index (χ2v) is 8.38. The molecular weight excluding hydrogens is 481 g/mol. The van der Waals surface area contributed by atoms with E-state index in [1.54, 1.807) is 13.1 Å². The molecule has 3 heterocycles. The lowest BCUT2D eigenvalue weighted by molar-refractivity contribution is -0.385. The third-order valence-corrected chi connectivity index (χ3v) is 5.83. The molecule has 1 fully saturated rings. The number of nitro benzene ring substituents is 1. The van der Waals surface area contributed by atoms with Gasteiger partial charge in [0.15, 0.2) is 0 Å². The molecular formula is C23H25F3N6O4. The van der Waals surface area contributed by atoms with Crippen LogP contribution >= 0.6 is 0 Å². The number of nitrogens with zero attached hydrogens (tertiary/aromatic N) is 5. The van der Waals surface area contributed by atoms with E-state index in [0.29, 0.717) is 29.4 Å². The van der Waals surface area contributed by atoms with E-state index in [-0.39, 0.29) is 18.2 Å². The Balaban J connectivity index is 1.74. The van der Waals surface area contributed by atoms with Gasteiger partial charge < -0.3 is 19.7 Å². The van der Waals surface area contributed by atoms with Crippen LogP contribution in [0.4, 0.5) is 30.5 Å². The van der Waals surface area contributed by atoms with Gasteiger partial charge in [0.05, 0.1) is 34.8 Å². The first-order chi connectivity index (χ1) is 17.2. The summed E-state index contributed by atoms with van der Waals surface area (Å²) in [5.41, 5.74) is -1.19. The van der Waals surface area contributed by atoms with Gasteiger partial charge in [-0.2, -0.15) is 23.1 Å². The second kappa shape index (κ2) is 10.5. The molecule has 0 spiro atoms. The minimum atomic E-state index is -4.74. The number of fused-ring (bicyclic) bond motifs is 1. The van der Waals surface area contributed by atoms with Gasteiger partial charge in [-0.3, -0.25) is 10.1 Å². The topological polar surface area (TPSA) is 116 Å². The van der Waals surface area contributed by atoms with Crippen molar-refractivity contribution >= 4 is 28.2 Å². The van der Waals surface area contributed by atoms with Crippen LogP contribution in [0.15, 0.2) is 30.5 Å². The number of anilines is 2. The molecule has 2 aromatic heterocycles. The lowest BCUT2D eigenvalue weighted by Crippen LogP contribution is -2.19. The molecule has 1 saturated heterocycles. The molecule has 1 aliphatic heterocycles. The minimum absolute atomic E-state index is 0.0417. The number of pyridine rings is 1. The standard InChI is InChI=1S/C23H25F3N6O4/c1-14(15-9-16(23(24,25)26)11-17(10-15)32(33)34)28-21-18-12-20(31-5-3-4-6-31)27-13-19(18)29-22(30-21)36-8-7-35-2/h9-14H,3-8H2,1-2H3,(H,28,29,30)/t14-/m1/s1. The fourth-order valence-corrected chi connectivity index (χ4v) is 3.95. The zero-order valence-electron chi connectivity index (χ0n) is 19.7. The molecule has 0 amide bonds. The summed E-state index contributed by atoms with van der Waals surface area (Å²) in [6.45, 7) is 3.83. The number of hydrogen-bond donors (Lipinski definition) is 1. The second-order valence-electron chi connectivity index (χ2n) is 8.38. The lowest BCUT2D eigenvalue weighted by Gasteiger charge is -2.20. The Bertz CT molecular complexity index is 1250. The van der Waals surface area contributed by atoms with Gasteiger partial charge in [-0.05, 0) is 37.5 Å². The molecule has 0 bridgehead atoms. The van der Waals surface area contributed by atoms with Crippen molar-refractivity contribution in [3.05, 3.63) is 51.7 Å². The third-order valence-electron chi connectivity index (χ3n) is 5.83. The summed E-state index contributed by atoms with van der Waals surface area (Å²) in [6.07, 6.45) is -1.03. The lowest BCUT2D eigenvalue weighted by atomic mass is 10.0. The van der Waals surface area contributed by atoms with Crippen LogP contribution in [0.5, 0.6) is 6.01 Å². The van der Waals surface area contributed by atoms with Crippen molar-refractivity contribution < 1.29 is 27.6 Å². The summed E-state index contributed by atoms with van der Waals surface area (Å²) in [7, 11) is 1.53. The minimum Gasteiger partial charge on any atom is -0.461 e. The van der Waals surface area contributed by atoms with Gasteiger partial charge in [0, 0.05) is 37.7 Å². The maximum atomic E-state index is 13.4. The summed E-state index contributed by atoms with van der Waals surface area (Å²) in [5, 5.41) is 15.0. The monoisotopic (exact) mass is 506 g/mol. The first-order valence-electron chi connectivity index (χ1n) is 11.3. The predicted octanol–water partition coefficient (Wildman–Crippen LogP) is 4.75. The van der Waals surface area contributed by atoms with Crippen LogP contribution in [0, 0.1) is 10.1 Å². The van der Waals surface area contributed by atoms with Crippen LogP contribution < -0.4 is 15.0 Å². The number of nitro groups is 1. The zero-order chi connectivity index (χ0) is 25.9. The van der Waals surface area contributed by atoms with Crippen molar-refractivity contribution in [1.82, 2.24) is 15.0 Å². The smallest absolute Gasteiger partial charge is 0.416 e. The van der Waals surface area contributed by atoms with E-state index >= 15 is 0 Å². The normalized spacial score (nSPS) is 14.8. The van der Waals surface area contributed by atoms with E-state index in [9.17, 15) is 23.3 Å². The maximum Gasteiger partial charge on any atom is 0.416 e. The van der Waals surface area contributed by atoms with Gasteiger partial charge in [0.1, 0.15) is 18.2 Å². The fourth-order valence-electron chi connectivity index (χ4n) is 3.95. The molecule has 3 aromatic rings. The maximum absolute atomic E-state index is 13.4. The number of hydrogen-bond acceptors (Lipinski definition) is 9. The number of benzene rings is 1. The van der Waals surface area contributed by atoms with E-state index in [1.807, 2.05) is 6.07 Å². The number of nitrogens with one attached hydrogen (secondary N) is 1. The van der Waals surface area contributed by atoms with Gasteiger partial charge in [-0.25, -0.2) is 4.98 Å². The number of ether oxygens (including phenoxy) is 2. The van der Waals surface area contributed by atoms with Crippen LogP contribution in [-0.4, -0.2) is 53.3 Å². The molecule has 1 aliphatic rings. The average Bonchev–Trinajstić information content (AvgIpc) is 3.38. The zero-order valence-corrected chi connectivity index (χ0v) is 19.7. The molecule has 36 heavy (non-hydrogen) atoms. The molecule has 1 N–H and O–H groups in total. The first kappa shape index (κ1) is 25.4. The van der Waals surface area contributed by atoms with Gasteiger partial charge in [-0.1, -0.05) is 0 Å². The Morgan fingerprint density at radius 1 is 1.17 bits per heavy atom. The van der Waals surface area contributed by atoms with E-state index in [1.165, 1.54) is 7.11 Å². The van der Waals surface area contributed by atoms with Gasteiger partial charge in [-0.15, -0.1) is 0 Å². The number of rotatable bonds is 9. The highest BCUT2D eigenvalue weighted by molar-refractivity contribution is 5.91. The summed E-state index contributed by atoms with van der Waals surface area (Å²) in [6, 6.07) is 3.62. The highest BCUT2D eigenvalue weighted by Crippen LogP contribution is 2.35. The molecule has 1 atom stereocenters. The average molecular weight is 506 g/mol. The molecule has 13 heteroatoms. The quantitative estimate of drug-likeness (QED) is 0.249. The van der Waals surface area contributed by atoms with Crippen molar-refractivity contribution in [2.24, 2.45) is 0 Å². The molecule has 0 aliphatic carbocycles. The molecule has 4 rings (SSSR count). The molecule has 192 valence electrons.